The second-order valence-electron chi connectivity index (χ2n) is 5.72. The zero-order valence-corrected chi connectivity index (χ0v) is 12.2. The summed E-state index contributed by atoms with van der Waals surface area (Å²) in [5.74, 6) is 0.858. The van der Waals surface area contributed by atoms with Gasteiger partial charge in [-0.15, -0.1) is 0 Å². The number of nitrogens with zero attached hydrogens (tertiary/aromatic N) is 1. The lowest BCUT2D eigenvalue weighted by atomic mass is 10.0. The Morgan fingerprint density at radius 1 is 1.32 bits per heavy atom. The molecule has 1 aliphatic rings. The van der Waals surface area contributed by atoms with Crippen LogP contribution >= 0.6 is 0 Å². The quantitative estimate of drug-likeness (QED) is 0.827. The van der Waals surface area contributed by atoms with Crippen LogP contribution in [0, 0.1) is 19.8 Å². The minimum atomic E-state index is 0.137. The number of carbonyl (C=O) groups is 1. The van der Waals surface area contributed by atoms with Gasteiger partial charge >= 0.3 is 0 Å². The summed E-state index contributed by atoms with van der Waals surface area (Å²) in [5.41, 5.74) is 9.47. The van der Waals surface area contributed by atoms with Gasteiger partial charge in [0, 0.05) is 24.3 Å². The molecule has 1 amide bonds. The first-order valence-corrected chi connectivity index (χ1v) is 7.19. The van der Waals surface area contributed by atoms with Gasteiger partial charge in [-0.2, -0.15) is 0 Å². The maximum Gasteiger partial charge on any atom is 0.254 e. The molecule has 3 heteroatoms. The summed E-state index contributed by atoms with van der Waals surface area (Å²) < 4.78 is 0. The molecule has 0 spiro atoms. The third kappa shape index (κ3) is 3.28. The van der Waals surface area contributed by atoms with Crippen molar-refractivity contribution in [1.82, 2.24) is 4.90 Å². The van der Waals surface area contributed by atoms with Crippen molar-refractivity contribution >= 4 is 11.6 Å². The smallest absolute Gasteiger partial charge is 0.254 e. The summed E-state index contributed by atoms with van der Waals surface area (Å²) in [7, 11) is 0. The minimum absolute atomic E-state index is 0.137. The molecule has 0 bridgehead atoms. The molecule has 0 radical (unpaired) electrons. The predicted molar refractivity (Wildman–Crippen MR) is 79.2 cm³/mol. The second-order valence-corrected chi connectivity index (χ2v) is 5.72. The van der Waals surface area contributed by atoms with Crippen LogP contribution in [-0.4, -0.2) is 23.9 Å². The number of hydrogen-bond donors (Lipinski definition) is 1. The molecule has 1 saturated carbocycles. The van der Waals surface area contributed by atoms with Crippen molar-refractivity contribution in [2.45, 2.75) is 40.0 Å². The normalized spacial score (nSPS) is 14.5. The molecule has 0 aliphatic heterocycles. The van der Waals surface area contributed by atoms with Gasteiger partial charge < -0.3 is 10.6 Å². The van der Waals surface area contributed by atoms with Crippen molar-refractivity contribution in [2.24, 2.45) is 5.92 Å². The van der Waals surface area contributed by atoms with Crippen molar-refractivity contribution in [2.75, 3.05) is 18.8 Å². The van der Waals surface area contributed by atoms with Crippen LogP contribution in [0.15, 0.2) is 12.1 Å². The molecule has 1 aromatic rings. The molecular weight excluding hydrogens is 236 g/mol. The van der Waals surface area contributed by atoms with E-state index in [9.17, 15) is 4.79 Å². The molecule has 1 aliphatic carbocycles. The fourth-order valence-electron chi connectivity index (χ4n) is 2.43. The largest absolute Gasteiger partial charge is 0.398 e. The maximum atomic E-state index is 12.7. The number of amides is 1. The zero-order chi connectivity index (χ0) is 14.0. The fraction of sp³-hybridized carbons (Fsp3) is 0.562. The Kier molecular flexibility index (Phi) is 4.13. The van der Waals surface area contributed by atoms with Crippen LogP contribution in [0.25, 0.3) is 0 Å². The second kappa shape index (κ2) is 5.64. The Morgan fingerprint density at radius 3 is 2.58 bits per heavy atom. The Hall–Kier alpha value is -1.51. The molecule has 19 heavy (non-hydrogen) atoms. The Morgan fingerprint density at radius 2 is 2.00 bits per heavy atom. The number of benzene rings is 1. The van der Waals surface area contributed by atoms with Gasteiger partial charge in [0.2, 0.25) is 0 Å². The summed E-state index contributed by atoms with van der Waals surface area (Å²) in [6.45, 7) is 7.82. The summed E-state index contributed by atoms with van der Waals surface area (Å²) in [4.78, 5) is 14.6. The lowest BCUT2D eigenvalue weighted by Gasteiger charge is -2.23. The number of nitrogens with two attached hydrogens (primary N) is 1. The number of aryl methyl sites for hydroxylation is 2. The van der Waals surface area contributed by atoms with Crippen molar-refractivity contribution in [3.8, 4) is 0 Å². The van der Waals surface area contributed by atoms with Crippen molar-refractivity contribution < 1.29 is 4.79 Å². The van der Waals surface area contributed by atoms with E-state index in [0.29, 0.717) is 5.69 Å². The van der Waals surface area contributed by atoms with Gasteiger partial charge in [0.05, 0.1) is 0 Å². The number of anilines is 1. The van der Waals surface area contributed by atoms with Gasteiger partial charge in [-0.3, -0.25) is 4.79 Å². The van der Waals surface area contributed by atoms with Gasteiger partial charge in [-0.1, -0.05) is 13.0 Å². The average Bonchev–Trinajstić information content (AvgIpc) is 3.16. The minimum Gasteiger partial charge on any atom is -0.398 e. The Balaban J connectivity index is 2.22. The molecule has 104 valence electrons. The lowest BCUT2D eigenvalue weighted by molar-refractivity contribution is 0.0747. The van der Waals surface area contributed by atoms with Crippen molar-refractivity contribution in [3.05, 3.63) is 28.8 Å². The summed E-state index contributed by atoms with van der Waals surface area (Å²) >= 11 is 0. The third-order valence-corrected chi connectivity index (χ3v) is 3.80. The lowest BCUT2D eigenvalue weighted by Crippen LogP contribution is -2.34. The van der Waals surface area contributed by atoms with Crippen molar-refractivity contribution in [1.29, 1.82) is 0 Å². The number of rotatable bonds is 5. The highest BCUT2D eigenvalue weighted by Gasteiger charge is 2.27. The first-order chi connectivity index (χ1) is 9.02. The molecule has 1 fully saturated rings. The van der Waals surface area contributed by atoms with Gasteiger partial charge in [0.15, 0.2) is 0 Å². The van der Waals surface area contributed by atoms with Crippen molar-refractivity contribution in [3.63, 3.8) is 0 Å². The molecule has 0 saturated heterocycles. The van der Waals surface area contributed by atoms with E-state index in [2.05, 4.69) is 6.92 Å². The van der Waals surface area contributed by atoms with E-state index < -0.39 is 0 Å². The molecule has 0 unspecified atom stereocenters. The van der Waals surface area contributed by atoms with E-state index >= 15 is 0 Å². The molecule has 0 atom stereocenters. The summed E-state index contributed by atoms with van der Waals surface area (Å²) in [6, 6.07) is 3.84. The zero-order valence-electron chi connectivity index (χ0n) is 12.2. The Bertz CT molecular complexity index is 478. The van der Waals surface area contributed by atoms with Gasteiger partial charge in [0.25, 0.3) is 5.91 Å². The first kappa shape index (κ1) is 13.9. The van der Waals surface area contributed by atoms with Crippen LogP contribution < -0.4 is 5.73 Å². The third-order valence-electron chi connectivity index (χ3n) is 3.80. The van der Waals surface area contributed by atoms with Crippen LogP contribution in [0.4, 0.5) is 5.69 Å². The topological polar surface area (TPSA) is 46.3 Å². The van der Waals surface area contributed by atoms with E-state index in [1.165, 1.54) is 12.8 Å². The van der Waals surface area contributed by atoms with Crippen LogP contribution in [0.3, 0.4) is 0 Å². The average molecular weight is 260 g/mol. The molecular formula is C16H24N2O. The monoisotopic (exact) mass is 260 g/mol. The van der Waals surface area contributed by atoms with E-state index in [0.717, 1.165) is 42.1 Å². The number of carbonyl (C=O) groups excluding carboxylic acids is 1. The molecule has 0 heterocycles. The van der Waals surface area contributed by atoms with Crippen LogP contribution in [0.2, 0.25) is 0 Å². The maximum absolute atomic E-state index is 12.7. The highest BCUT2D eigenvalue weighted by atomic mass is 16.2. The Labute approximate surface area is 115 Å². The highest BCUT2D eigenvalue weighted by Crippen LogP contribution is 2.30. The highest BCUT2D eigenvalue weighted by molar-refractivity contribution is 5.96. The fourth-order valence-corrected chi connectivity index (χ4v) is 2.43. The van der Waals surface area contributed by atoms with E-state index in [1.54, 1.807) is 0 Å². The summed E-state index contributed by atoms with van der Waals surface area (Å²) in [6.07, 6.45) is 3.53. The standard InChI is InChI=1S/C16H24N2O/c1-4-7-18(10-13-5-6-13)16(19)14-9-15(17)12(3)8-11(14)2/h8-9,13H,4-7,10,17H2,1-3H3. The molecule has 0 aromatic heterocycles. The molecule has 1 aromatic carbocycles. The van der Waals surface area contributed by atoms with Crippen LogP contribution in [0.1, 0.15) is 47.7 Å². The molecule has 2 N–H and O–H groups in total. The van der Waals surface area contributed by atoms with Crippen LogP contribution in [0.5, 0.6) is 0 Å². The predicted octanol–water partition coefficient (Wildman–Crippen LogP) is 3.15. The first-order valence-electron chi connectivity index (χ1n) is 7.19. The number of hydrogen-bond acceptors (Lipinski definition) is 2. The van der Waals surface area contributed by atoms with Gasteiger partial charge in [-0.05, 0) is 56.2 Å². The molecule has 2 rings (SSSR count). The van der Waals surface area contributed by atoms with E-state index in [1.807, 2.05) is 30.9 Å². The number of nitrogen functional groups attached to an aromatic ring is 1. The van der Waals surface area contributed by atoms with Gasteiger partial charge in [0.1, 0.15) is 0 Å². The summed E-state index contributed by atoms with van der Waals surface area (Å²) in [5, 5.41) is 0. The molecule has 3 nitrogen and oxygen atoms in total. The van der Waals surface area contributed by atoms with Gasteiger partial charge in [-0.25, -0.2) is 0 Å². The van der Waals surface area contributed by atoms with Crippen LogP contribution in [-0.2, 0) is 0 Å². The van der Waals surface area contributed by atoms with E-state index in [4.69, 9.17) is 5.73 Å². The van der Waals surface area contributed by atoms with E-state index in [-0.39, 0.29) is 5.91 Å². The SMILES string of the molecule is CCCN(CC1CC1)C(=O)c1cc(N)c(C)cc1C.